The summed E-state index contributed by atoms with van der Waals surface area (Å²) < 4.78 is 7.21. The van der Waals surface area contributed by atoms with E-state index in [9.17, 15) is 14.4 Å². The number of fused-ring (bicyclic) bond motifs is 1. The molecule has 0 spiro atoms. The molecule has 7 heteroatoms. The molecule has 0 bridgehead atoms. The number of para-hydroxylation sites is 1. The van der Waals surface area contributed by atoms with Crippen molar-refractivity contribution in [1.82, 2.24) is 9.47 Å². The molecule has 0 aliphatic carbocycles. The number of imide groups is 1. The zero-order chi connectivity index (χ0) is 22.8. The Hall–Kier alpha value is -3.32. The van der Waals surface area contributed by atoms with Crippen molar-refractivity contribution in [2.24, 2.45) is 0 Å². The SMILES string of the molecule is Cc1ccc(Cn2cc(/C=C3/SC(=O)N(CC(=O)OC(C)C)C3=O)c3ccccc32)cc1. The van der Waals surface area contributed by atoms with Crippen molar-refractivity contribution in [2.75, 3.05) is 6.54 Å². The van der Waals surface area contributed by atoms with Crippen molar-refractivity contribution in [2.45, 2.75) is 33.4 Å². The van der Waals surface area contributed by atoms with Gasteiger partial charge in [0.1, 0.15) is 6.54 Å². The molecule has 0 radical (unpaired) electrons. The van der Waals surface area contributed by atoms with Crippen LogP contribution >= 0.6 is 11.8 Å². The second-order valence-electron chi connectivity index (χ2n) is 8.02. The van der Waals surface area contributed by atoms with Gasteiger partial charge in [-0.1, -0.05) is 48.0 Å². The zero-order valence-electron chi connectivity index (χ0n) is 18.2. The minimum absolute atomic E-state index is 0.297. The monoisotopic (exact) mass is 448 g/mol. The number of amides is 2. The molecule has 3 aromatic rings. The number of carbonyl (C=O) groups is 3. The first-order valence-corrected chi connectivity index (χ1v) is 11.2. The first-order valence-electron chi connectivity index (χ1n) is 10.4. The number of nitrogens with zero attached hydrogens (tertiary/aromatic N) is 2. The summed E-state index contributed by atoms with van der Waals surface area (Å²) in [4.78, 5) is 38.3. The molecule has 1 saturated heterocycles. The highest BCUT2D eigenvalue weighted by atomic mass is 32.2. The van der Waals surface area contributed by atoms with Crippen LogP contribution in [0.1, 0.15) is 30.5 Å². The van der Waals surface area contributed by atoms with Crippen LogP contribution in [-0.2, 0) is 20.9 Å². The Morgan fingerprint density at radius 1 is 1.09 bits per heavy atom. The molecular formula is C25H24N2O4S. The van der Waals surface area contributed by atoms with Crippen LogP contribution in [0.2, 0.25) is 0 Å². The minimum atomic E-state index is -0.599. The highest BCUT2D eigenvalue weighted by Gasteiger charge is 2.37. The molecule has 1 fully saturated rings. The van der Waals surface area contributed by atoms with Gasteiger partial charge >= 0.3 is 5.97 Å². The van der Waals surface area contributed by atoms with E-state index in [1.165, 1.54) is 11.1 Å². The maximum absolute atomic E-state index is 12.8. The summed E-state index contributed by atoms with van der Waals surface area (Å²) in [5, 5.41) is 0.524. The fourth-order valence-corrected chi connectivity index (χ4v) is 4.45. The summed E-state index contributed by atoms with van der Waals surface area (Å²) in [5.74, 6) is -1.07. The largest absolute Gasteiger partial charge is 0.462 e. The van der Waals surface area contributed by atoms with Crippen molar-refractivity contribution >= 4 is 45.9 Å². The summed E-state index contributed by atoms with van der Waals surface area (Å²) in [7, 11) is 0. The second-order valence-corrected chi connectivity index (χ2v) is 9.01. The molecule has 4 rings (SSSR count). The van der Waals surface area contributed by atoms with Gasteiger partial charge in [0.2, 0.25) is 0 Å². The smallest absolute Gasteiger partial charge is 0.326 e. The van der Waals surface area contributed by atoms with Crippen molar-refractivity contribution in [3.05, 3.63) is 76.3 Å². The molecule has 32 heavy (non-hydrogen) atoms. The molecule has 1 aliphatic rings. The van der Waals surface area contributed by atoms with E-state index >= 15 is 0 Å². The number of ether oxygens (including phenoxy) is 1. The molecule has 2 amide bonds. The molecular weight excluding hydrogens is 424 g/mol. The Bertz CT molecular complexity index is 1220. The molecule has 0 atom stereocenters. The Morgan fingerprint density at radius 3 is 2.53 bits per heavy atom. The number of aryl methyl sites for hydroxylation is 1. The summed E-state index contributed by atoms with van der Waals surface area (Å²) in [5.41, 5.74) is 4.27. The Balaban J connectivity index is 1.62. The first-order chi connectivity index (χ1) is 15.3. The van der Waals surface area contributed by atoms with Gasteiger partial charge in [-0.2, -0.15) is 0 Å². The predicted octanol–water partition coefficient (Wildman–Crippen LogP) is 4.99. The van der Waals surface area contributed by atoms with E-state index in [1.54, 1.807) is 19.9 Å². The van der Waals surface area contributed by atoms with Crippen molar-refractivity contribution in [3.8, 4) is 0 Å². The number of rotatable bonds is 6. The van der Waals surface area contributed by atoms with Gasteiger partial charge in [-0.15, -0.1) is 0 Å². The van der Waals surface area contributed by atoms with Crippen LogP contribution < -0.4 is 0 Å². The van der Waals surface area contributed by atoms with E-state index in [4.69, 9.17) is 4.74 Å². The summed E-state index contributed by atoms with van der Waals surface area (Å²) in [6, 6.07) is 16.3. The molecule has 0 saturated carbocycles. The highest BCUT2D eigenvalue weighted by Crippen LogP contribution is 2.34. The molecule has 0 unspecified atom stereocenters. The van der Waals surface area contributed by atoms with E-state index in [0.717, 1.165) is 33.1 Å². The van der Waals surface area contributed by atoms with Gasteiger partial charge in [-0.25, -0.2) is 0 Å². The third kappa shape index (κ3) is 4.62. The number of hydrogen-bond donors (Lipinski definition) is 0. The predicted molar refractivity (Wildman–Crippen MR) is 126 cm³/mol. The van der Waals surface area contributed by atoms with Gasteiger partial charge in [-0.3, -0.25) is 19.3 Å². The quantitative estimate of drug-likeness (QED) is 0.393. The van der Waals surface area contributed by atoms with Gasteiger partial charge < -0.3 is 9.30 Å². The number of thioether (sulfide) groups is 1. The van der Waals surface area contributed by atoms with Crippen LogP contribution in [0, 0.1) is 6.92 Å². The van der Waals surface area contributed by atoms with Crippen LogP contribution in [0.25, 0.3) is 17.0 Å². The summed E-state index contributed by atoms with van der Waals surface area (Å²) in [6.07, 6.45) is 3.41. The lowest BCUT2D eigenvalue weighted by Gasteiger charge is -2.13. The van der Waals surface area contributed by atoms with Gasteiger partial charge in [-0.05, 0) is 50.2 Å². The molecule has 1 aromatic heterocycles. The molecule has 2 heterocycles. The minimum Gasteiger partial charge on any atom is -0.462 e. The van der Waals surface area contributed by atoms with E-state index in [2.05, 4.69) is 35.8 Å². The van der Waals surface area contributed by atoms with Crippen LogP contribution in [0.3, 0.4) is 0 Å². The van der Waals surface area contributed by atoms with Gasteiger partial charge in [0, 0.05) is 29.2 Å². The van der Waals surface area contributed by atoms with Crippen molar-refractivity contribution in [3.63, 3.8) is 0 Å². The average Bonchev–Trinajstić information content (AvgIpc) is 3.21. The van der Waals surface area contributed by atoms with Crippen LogP contribution in [-0.4, -0.2) is 39.2 Å². The lowest BCUT2D eigenvalue weighted by atomic mass is 10.1. The van der Waals surface area contributed by atoms with Crippen molar-refractivity contribution in [1.29, 1.82) is 0 Å². The number of carbonyl (C=O) groups excluding carboxylic acids is 3. The molecule has 6 nitrogen and oxygen atoms in total. The van der Waals surface area contributed by atoms with Crippen LogP contribution in [0.4, 0.5) is 4.79 Å². The fraction of sp³-hybridized carbons (Fsp3) is 0.240. The normalized spacial score (nSPS) is 15.4. The second kappa shape index (κ2) is 9.04. The first kappa shape index (κ1) is 21.9. The summed E-state index contributed by atoms with van der Waals surface area (Å²) >= 11 is 0.842. The number of aromatic nitrogens is 1. The molecule has 1 aliphatic heterocycles. The lowest BCUT2D eigenvalue weighted by Crippen LogP contribution is -2.35. The fourth-order valence-electron chi connectivity index (χ4n) is 3.62. The van der Waals surface area contributed by atoms with E-state index in [1.807, 2.05) is 30.5 Å². The topological polar surface area (TPSA) is 68.6 Å². The highest BCUT2D eigenvalue weighted by molar-refractivity contribution is 8.18. The standard InChI is InChI=1S/C25H24N2O4S/c1-16(2)31-23(28)15-27-24(29)22(32-25(27)30)12-19-14-26(21-7-5-4-6-20(19)21)13-18-10-8-17(3)9-11-18/h4-12,14,16H,13,15H2,1-3H3/b22-12+. The Morgan fingerprint density at radius 2 is 1.81 bits per heavy atom. The van der Waals surface area contributed by atoms with Crippen molar-refractivity contribution < 1.29 is 19.1 Å². The maximum atomic E-state index is 12.8. The van der Waals surface area contributed by atoms with Crippen LogP contribution in [0.15, 0.2) is 59.6 Å². The van der Waals surface area contributed by atoms with E-state index < -0.39 is 17.1 Å². The third-order valence-corrected chi connectivity index (χ3v) is 6.01. The Kier molecular flexibility index (Phi) is 6.19. The number of hydrogen-bond acceptors (Lipinski definition) is 5. The molecule has 0 N–H and O–H groups in total. The van der Waals surface area contributed by atoms with Crippen LogP contribution in [0.5, 0.6) is 0 Å². The Labute approximate surface area is 190 Å². The molecule has 2 aromatic carbocycles. The van der Waals surface area contributed by atoms with Gasteiger partial charge in [0.25, 0.3) is 11.1 Å². The van der Waals surface area contributed by atoms with E-state index in [-0.39, 0.29) is 12.6 Å². The van der Waals surface area contributed by atoms with Gasteiger partial charge in [0.15, 0.2) is 0 Å². The van der Waals surface area contributed by atoms with E-state index in [0.29, 0.717) is 11.4 Å². The number of benzene rings is 2. The average molecular weight is 449 g/mol. The lowest BCUT2D eigenvalue weighted by molar-refractivity contribution is -0.149. The zero-order valence-corrected chi connectivity index (χ0v) is 19.0. The third-order valence-electron chi connectivity index (χ3n) is 5.11. The van der Waals surface area contributed by atoms with Gasteiger partial charge in [0.05, 0.1) is 11.0 Å². The maximum Gasteiger partial charge on any atom is 0.326 e. The summed E-state index contributed by atoms with van der Waals surface area (Å²) in [6.45, 7) is 5.81. The molecule has 164 valence electrons. The number of esters is 1.